The Balaban J connectivity index is 1.68. The predicted octanol–water partition coefficient (Wildman–Crippen LogP) is 5.71. The van der Waals surface area contributed by atoms with Gasteiger partial charge in [0.1, 0.15) is 16.3 Å². The van der Waals surface area contributed by atoms with E-state index in [0.717, 1.165) is 24.8 Å². The average molecular weight is 576 g/mol. The fourth-order valence-electron chi connectivity index (χ4n) is 5.02. The fourth-order valence-corrected chi connectivity index (χ4v) is 5.73. The zero-order valence-electron chi connectivity index (χ0n) is 23.8. The Morgan fingerprint density at radius 2 is 1.85 bits per heavy atom. The first-order valence-corrected chi connectivity index (χ1v) is 14.5. The van der Waals surface area contributed by atoms with Gasteiger partial charge < -0.3 is 19.0 Å². The van der Waals surface area contributed by atoms with Crippen LogP contribution in [0.4, 0.5) is 5.13 Å². The summed E-state index contributed by atoms with van der Waals surface area (Å²) in [6, 6.07) is 8.13. The minimum atomic E-state index is -0.985. The first kappa shape index (κ1) is 28.3. The number of anilines is 1. The van der Waals surface area contributed by atoms with Crippen molar-refractivity contribution in [2.45, 2.75) is 59.9 Å². The number of ether oxygens (including phenoxy) is 2. The largest absolute Gasteiger partial charge is 0.505 e. The van der Waals surface area contributed by atoms with Crippen molar-refractivity contribution in [2.75, 3.05) is 18.1 Å². The molecular formula is C30H33N5O5S. The van der Waals surface area contributed by atoms with Crippen LogP contribution in [0.2, 0.25) is 0 Å². The highest BCUT2D eigenvalue weighted by Gasteiger charge is 2.49. The minimum Gasteiger partial charge on any atom is -0.505 e. The van der Waals surface area contributed by atoms with Crippen molar-refractivity contribution in [1.82, 2.24) is 19.6 Å². The van der Waals surface area contributed by atoms with Gasteiger partial charge in [-0.1, -0.05) is 43.2 Å². The third-order valence-corrected chi connectivity index (χ3v) is 7.90. The predicted molar refractivity (Wildman–Crippen MR) is 157 cm³/mol. The van der Waals surface area contributed by atoms with Crippen molar-refractivity contribution in [3.63, 3.8) is 0 Å². The number of aliphatic hydroxyl groups excluding tert-OH is 1. The molecule has 10 nitrogen and oxygen atoms in total. The van der Waals surface area contributed by atoms with Gasteiger partial charge >= 0.3 is 5.91 Å². The minimum absolute atomic E-state index is 0.0777. The van der Waals surface area contributed by atoms with Crippen LogP contribution < -0.4 is 14.4 Å². The number of carbonyl (C=O) groups is 2. The van der Waals surface area contributed by atoms with Crippen LogP contribution in [0.3, 0.4) is 0 Å². The van der Waals surface area contributed by atoms with Gasteiger partial charge in [0.2, 0.25) is 5.13 Å². The second kappa shape index (κ2) is 11.7. The molecule has 0 saturated carbocycles. The highest BCUT2D eigenvalue weighted by molar-refractivity contribution is 7.15. The standard InChI is InChI=1S/C30H33N5O5S/c1-6-8-9-15-40-21-13-12-20(16-22(21)39-7-2)25-23(27(37)29(38)35(25)30-33-32-19(5)41-30)26(36)24-18(4)34-14-10-11-17(3)28(34)31-24/h10-14,16,25,36H,6-9,15H2,1-5H3. The van der Waals surface area contributed by atoms with E-state index in [4.69, 9.17) is 9.47 Å². The highest BCUT2D eigenvalue weighted by atomic mass is 32.1. The number of hydrogen-bond acceptors (Lipinski definition) is 9. The number of nitrogens with zero attached hydrogens (tertiary/aromatic N) is 5. The Hall–Kier alpha value is -4.25. The fraction of sp³-hybridized carbons (Fsp3) is 0.367. The van der Waals surface area contributed by atoms with E-state index < -0.39 is 17.7 Å². The Morgan fingerprint density at radius 1 is 1.05 bits per heavy atom. The van der Waals surface area contributed by atoms with Gasteiger partial charge in [0.25, 0.3) is 5.78 Å². The van der Waals surface area contributed by atoms with Crippen LogP contribution in [0.15, 0.2) is 42.1 Å². The molecule has 0 bridgehead atoms. The van der Waals surface area contributed by atoms with E-state index in [1.807, 2.05) is 43.5 Å². The molecule has 1 saturated heterocycles. The molecule has 4 heterocycles. The lowest BCUT2D eigenvalue weighted by atomic mass is 9.96. The molecule has 1 unspecified atom stereocenters. The van der Waals surface area contributed by atoms with Gasteiger partial charge in [-0.05, 0) is 63.4 Å². The molecule has 214 valence electrons. The second-order valence-corrected chi connectivity index (χ2v) is 11.1. The number of ketones is 1. The lowest BCUT2D eigenvalue weighted by molar-refractivity contribution is -0.132. The molecule has 41 heavy (non-hydrogen) atoms. The van der Waals surface area contributed by atoms with Crippen molar-refractivity contribution in [2.24, 2.45) is 0 Å². The smallest absolute Gasteiger partial charge is 0.301 e. The third kappa shape index (κ3) is 5.17. The van der Waals surface area contributed by atoms with Crippen LogP contribution in [0.5, 0.6) is 11.5 Å². The van der Waals surface area contributed by atoms with Gasteiger partial charge in [0.05, 0.1) is 30.5 Å². The molecule has 1 atom stereocenters. The van der Waals surface area contributed by atoms with Gasteiger partial charge in [-0.3, -0.25) is 14.5 Å². The number of amides is 1. The first-order chi connectivity index (χ1) is 19.8. The lowest BCUT2D eigenvalue weighted by Gasteiger charge is -2.23. The maximum atomic E-state index is 13.6. The van der Waals surface area contributed by atoms with Crippen molar-refractivity contribution in [1.29, 1.82) is 0 Å². The quantitative estimate of drug-likeness (QED) is 0.111. The Kier molecular flexibility index (Phi) is 8.07. The summed E-state index contributed by atoms with van der Waals surface area (Å²) in [7, 11) is 0. The summed E-state index contributed by atoms with van der Waals surface area (Å²) < 4.78 is 13.8. The van der Waals surface area contributed by atoms with Crippen LogP contribution >= 0.6 is 11.3 Å². The monoisotopic (exact) mass is 575 g/mol. The van der Waals surface area contributed by atoms with Crippen LogP contribution in [0, 0.1) is 20.8 Å². The van der Waals surface area contributed by atoms with Gasteiger partial charge in [0.15, 0.2) is 17.3 Å². The molecule has 1 amide bonds. The Bertz CT molecular complexity index is 1660. The number of aliphatic hydroxyl groups is 1. The van der Waals surface area contributed by atoms with Gasteiger partial charge in [0, 0.05) is 6.20 Å². The van der Waals surface area contributed by atoms with Crippen LogP contribution in [0.25, 0.3) is 11.4 Å². The van der Waals surface area contributed by atoms with E-state index in [0.29, 0.717) is 46.6 Å². The molecule has 0 spiro atoms. The van der Waals surface area contributed by atoms with Crippen molar-refractivity contribution < 1.29 is 24.2 Å². The van der Waals surface area contributed by atoms with Crippen molar-refractivity contribution in [3.8, 4) is 11.5 Å². The van der Waals surface area contributed by atoms with Gasteiger partial charge in [-0.15, -0.1) is 10.2 Å². The average Bonchev–Trinajstić information content (AvgIpc) is 3.61. The summed E-state index contributed by atoms with van der Waals surface area (Å²) in [5.41, 5.74) is 2.92. The van der Waals surface area contributed by atoms with Crippen LogP contribution in [0.1, 0.15) is 66.7 Å². The molecule has 1 fully saturated rings. The van der Waals surface area contributed by atoms with E-state index in [1.54, 1.807) is 25.1 Å². The summed E-state index contributed by atoms with van der Waals surface area (Å²) in [6.45, 7) is 10.4. The van der Waals surface area contributed by atoms with Crippen LogP contribution in [-0.2, 0) is 9.59 Å². The molecule has 5 rings (SSSR count). The number of pyridine rings is 1. The third-order valence-electron chi connectivity index (χ3n) is 7.06. The van der Waals surface area contributed by atoms with Crippen molar-refractivity contribution in [3.05, 3.63) is 69.6 Å². The first-order valence-electron chi connectivity index (χ1n) is 13.7. The molecule has 4 aromatic rings. The van der Waals surface area contributed by atoms with Crippen molar-refractivity contribution >= 4 is 39.6 Å². The molecule has 1 N–H and O–H groups in total. The number of rotatable bonds is 10. The maximum Gasteiger partial charge on any atom is 0.301 e. The number of benzene rings is 1. The summed E-state index contributed by atoms with van der Waals surface area (Å²) in [6.07, 6.45) is 4.89. The van der Waals surface area contributed by atoms with E-state index in [2.05, 4.69) is 22.1 Å². The summed E-state index contributed by atoms with van der Waals surface area (Å²) >= 11 is 1.19. The molecule has 0 aliphatic carbocycles. The maximum absolute atomic E-state index is 13.6. The summed E-state index contributed by atoms with van der Waals surface area (Å²) in [4.78, 5) is 33.1. The number of carbonyl (C=O) groups excluding carboxylic acids is 2. The number of unbranched alkanes of at least 4 members (excludes halogenated alkanes) is 2. The molecule has 1 aliphatic heterocycles. The number of fused-ring (bicyclic) bond motifs is 1. The SMILES string of the molecule is CCCCCOc1ccc(C2C(=C(O)c3nc4c(C)cccn4c3C)C(=O)C(=O)N2c2nnc(C)s2)cc1OCC. The zero-order valence-corrected chi connectivity index (χ0v) is 24.6. The Labute approximate surface area is 242 Å². The molecule has 1 aromatic carbocycles. The number of hydrogen-bond donors (Lipinski definition) is 1. The van der Waals surface area contributed by atoms with Gasteiger partial charge in [-0.25, -0.2) is 4.98 Å². The number of imidazole rings is 1. The molecule has 1 aliphatic rings. The van der Waals surface area contributed by atoms with E-state index in [9.17, 15) is 14.7 Å². The van der Waals surface area contributed by atoms with Gasteiger partial charge in [-0.2, -0.15) is 0 Å². The molecule has 11 heteroatoms. The van der Waals surface area contributed by atoms with E-state index >= 15 is 0 Å². The second-order valence-electron chi connectivity index (χ2n) is 9.90. The number of Topliss-reactive ketones (excluding diaryl/α,β-unsaturated/α-hetero) is 1. The Morgan fingerprint density at radius 3 is 2.54 bits per heavy atom. The molecule has 3 aromatic heterocycles. The number of aryl methyl sites for hydroxylation is 3. The zero-order chi connectivity index (χ0) is 29.3. The van der Waals surface area contributed by atoms with E-state index in [1.165, 1.54) is 16.2 Å². The highest BCUT2D eigenvalue weighted by Crippen LogP contribution is 2.45. The lowest BCUT2D eigenvalue weighted by Crippen LogP contribution is -2.29. The normalized spacial score (nSPS) is 16.6. The summed E-state index contributed by atoms with van der Waals surface area (Å²) in [5, 5.41) is 20.8. The van der Waals surface area contributed by atoms with E-state index in [-0.39, 0.29) is 22.2 Å². The summed E-state index contributed by atoms with van der Waals surface area (Å²) in [5.74, 6) is -0.924. The number of aromatic nitrogens is 4. The topological polar surface area (TPSA) is 119 Å². The molecular weight excluding hydrogens is 542 g/mol. The van der Waals surface area contributed by atoms with Crippen LogP contribution in [-0.4, -0.2) is 49.6 Å². The molecule has 0 radical (unpaired) electrons.